The van der Waals surface area contributed by atoms with E-state index in [0.29, 0.717) is 33.9 Å². The van der Waals surface area contributed by atoms with Gasteiger partial charge in [0.15, 0.2) is 0 Å². The van der Waals surface area contributed by atoms with Crippen molar-refractivity contribution in [2.75, 3.05) is 0 Å². The lowest BCUT2D eigenvalue weighted by Gasteiger charge is -2.10. The summed E-state index contributed by atoms with van der Waals surface area (Å²) in [6.45, 7) is 3.54. The van der Waals surface area contributed by atoms with Gasteiger partial charge in [-0.3, -0.25) is 23.9 Å². The Morgan fingerprint density at radius 3 is 2.62 bits per heavy atom. The minimum atomic E-state index is -0.475. The predicted octanol–water partition coefficient (Wildman–Crippen LogP) is 1.89. The molecule has 0 amide bonds. The molecule has 0 saturated heterocycles. The van der Waals surface area contributed by atoms with Crippen LogP contribution in [0.15, 0.2) is 35.5 Å². The molecule has 9 nitrogen and oxygen atoms in total. The Labute approximate surface area is 134 Å². The van der Waals surface area contributed by atoms with Crippen molar-refractivity contribution in [1.82, 2.24) is 23.9 Å². The molecular formula is C15H12N6O3. The fourth-order valence-electron chi connectivity index (χ4n) is 2.92. The molecule has 0 bridgehead atoms. The smallest absolute Gasteiger partial charge is 0.295 e. The van der Waals surface area contributed by atoms with E-state index in [1.165, 1.54) is 12.3 Å². The third kappa shape index (κ3) is 1.84. The van der Waals surface area contributed by atoms with Crippen LogP contribution in [0, 0.1) is 24.0 Å². The standard InChI is InChI=1S/C15H12N6O3/c1-8-16-3-4-19(8)12-6-11-10(5-13(12)21(23)24)18-15(22)14-7-17-9(2)20(11)14/h3-7H,1-2H3,(H,18,22). The molecule has 0 atom stereocenters. The summed E-state index contributed by atoms with van der Waals surface area (Å²) in [4.78, 5) is 34.1. The molecule has 0 aliphatic rings. The maximum Gasteiger partial charge on any atom is 0.295 e. The number of imidazole rings is 2. The van der Waals surface area contributed by atoms with E-state index in [9.17, 15) is 14.9 Å². The molecule has 0 saturated carbocycles. The summed E-state index contributed by atoms with van der Waals surface area (Å²) in [5, 5.41) is 11.5. The van der Waals surface area contributed by atoms with Gasteiger partial charge in [0.1, 0.15) is 22.9 Å². The van der Waals surface area contributed by atoms with Gasteiger partial charge in [-0.15, -0.1) is 0 Å². The van der Waals surface area contributed by atoms with E-state index >= 15 is 0 Å². The molecule has 0 unspecified atom stereocenters. The van der Waals surface area contributed by atoms with Crippen molar-refractivity contribution < 1.29 is 4.92 Å². The Bertz CT molecular complexity index is 1180. The first-order valence-electron chi connectivity index (χ1n) is 7.16. The van der Waals surface area contributed by atoms with Crippen LogP contribution >= 0.6 is 0 Å². The molecular weight excluding hydrogens is 312 g/mol. The quantitative estimate of drug-likeness (QED) is 0.447. The molecule has 1 N–H and O–H groups in total. The largest absolute Gasteiger partial charge is 0.319 e. The molecule has 9 heteroatoms. The molecule has 0 aliphatic heterocycles. The predicted molar refractivity (Wildman–Crippen MR) is 86.6 cm³/mol. The highest BCUT2D eigenvalue weighted by Crippen LogP contribution is 2.29. The Morgan fingerprint density at radius 2 is 1.96 bits per heavy atom. The molecule has 3 aromatic heterocycles. The number of hydrogen-bond acceptors (Lipinski definition) is 5. The van der Waals surface area contributed by atoms with Gasteiger partial charge in [0.2, 0.25) is 0 Å². The van der Waals surface area contributed by atoms with Gasteiger partial charge < -0.3 is 4.98 Å². The van der Waals surface area contributed by atoms with E-state index < -0.39 is 4.92 Å². The van der Waals surface area contributed by atoms with Gasteiger partial charge in [-0.25, -0.2) is 9.97 Å². The average Bonchev–Trinajstić information content (AvgIpc) is 3.13. The highest BCUT2D eigenvalue weighted by Gasteiger charge is 2.20. The van der Waals surface area contributed by atoms with E-state index in [1.54, 1.807) is 41.3 Å². The van der Waals surface area contributed by atoms with E-state index in [1.807, 2.05) is 0 Å². The number of nitro benzene ring substituents is 1. The Hall–Kier alpha value is -3.49. The lowest BCUT2D eigenvalue weighted by molar-refractivity contribution is -0.384. The minimum absolute atomic E-state index is 0.114. The van der Waals surface area contributed by atoms with Gasteiger partial charge in [-0.05, 0) is 19.9 Å². The zero-order chi connectivity index (χ0) is 17.0. The summed E-state index contributed by atoms with van der Waals surface area (Å²) in [7, 11) is 0. The number of hydrogen-bond donors (Lipinski definition) is 1. The van der Waals surface area contributed by atoms with Crippen molar-refractivity contribution in [3.8, 4) is 5.69 Å². The molecule has 24 heavy (non-hydrogen) atoms. The van der Waals surface area contributed by atoms with Crippen molar-refractivity contribution >= 4 is 22.2 Å². The number of nitrogens with zero attached hydrogens (tertiary/aromatic N) is 5. The summed E-state index contributed by atoms with van der Waals surface area (Å²) in [5.41, 5.74) is 1.32. The number of nitro groups is 1. The number of aromatic nitrogens is 5. The number of aryl methyl sites for hydroxylation is 2. The van der Waals surface area contributed by atoms with Gasteiger partial charge in [0.25, 0.3) is 11.2 Å². The summed E-state index contributed by atoms with van der Waals surface area (Å²) in [6.07, 6.45) is 4.72. The van der Waals surface area contributed by atoms with Crippen molar-refractivity contribution in [3.05, 3.63) is 62.8 Å². The van der Waals surface area contributed by atoms with Crippen LogP contribution in [-0.4, -0.2) is 28.8 Å². The SMILES string of the molecule is Cc1nccn1-c1cc2c(cc1[N+](=O)[O-])[nH]c(=O)c1cnc(C)n12. The third-order valence-electron chi connectivity index (χ3n) is 4.03. The second-order valence-corrected chi connectivity index (χ2v) is 5.44. The summed E-state index contributed by atoms with van der Waals surface area (Å²) in [5.74, 6) is 1.25. The number of fused-ring (bicyclic) bond motifs is 3. The lowest BCUT2D eigenvalue weighted by Crippen LogP contribution is -2.11. The van der Waals surface area contributed by atoms with Gasteiger partial charge in [0.05, 0.1) is 22.2 Å². The number of benzene rings is 1. The molecule has 1 aromatic carbocycles. The number of aromatic amines is 1. The van der Waals surface area contributed by atoms with Crippen LogP contribution < -0.4 is 5.56 Å². The third-order valence-corrected chi connectivity index (χ3v) is 4.03. The van der Waals surface area contributed by atoms with Gasteiger partial charge in [0, 0.05) is 18.5 Å². The van der Waals surface area contributed by atoms with Crippen LogP contribution in [0.4, 0.5) is 5.69 Å². The Kier molecular flexibility index (Phi) is 2.80. The van der Waals surface area contributed by atoms with Crippen LogP contribution in [0.5, 0.6) is 0 Å². The minimum Gasteiger partial charge on any atom is -0.319 e. The van der Waals surface area contributed by atoms with E-state index in [0.717, 1.165) is 0 Å². The average molecular weight is 324 g/mol. The van der Waals surface area contributed by atoms with Crippen molar-refractivity contribution in [3.63, 3.8) is 0 Å². The lowest BCUT2D eigenvalue weighted by atomic mass is 10.2. The molecule has 0 fully saturated rings. The van der Waals surface area contributed by atoms with Crippen LogP contribution in [-0.2, 0) is 0 Å². The molecule has 0 spiro atoms. The van der Waals surface area contributed by atoms with E-state index in [2.05, 4.69) is 15.0 Å². The zero-order valence-electron chi connectivity index (χ0n) is 12.8. The molecule has 3 heterocycles. The van der Waals surface area contributed by atoms with Crippen LogP contribution in [0.2, 0.25) is 0 Å². The number of H-pyrrole nitrogens is 1. The highest BCUT2D eigenvalue weighted by atomic mass is 16.6. The van der Waals surface area contributed by atoms with Gasteiger partial charge in [-0.1, -0.05) is 0 Å². The van der Waals surface area contributed by atoms with E-state index in [-0.39, 0.29) is 11.2 Å². The van der Waals surface area contributed by atoms with Crippen LogP contribution in [0.1, 0.15) is 11.6 Å². The first-order chi connectivity index (χ1) is 11.5. The van der Waals surface area contributed by atoms with E-state index in [4.69, 9.17) is 0 Å². The summed E-state index contributed by atoms with van der Waals surface area (Å²) in [6, 6.07) is 3.03. The first kappa shape index (κ1) is 14.1. The van der Waals surface area contributed by atoms with Gasteiger partial charge in [-0.2, -0.15) is 0 Å². The maximum absolute atomic E-state index is 12.2. The fraction of sp³-hybridized carbons (Fsp3) is 0.133. The summed E-state index contributed by atoms with van der Waals surface area (Å²) >= 11 is 0. The fourth-order valence-corrected chi connectivity index (χ4v) is 2.92. The molecule has 120 valence electrons. The normalized spacial score (nSPS) is 11.4. The van der Waals surface area contributed by atoms with Crippen LogP contribution in [0.25, 0.3) is 22.2 Å². The number of nitrogens with one attached hydrogen (secondary N) is 1. The second kappa shape index (κ2) is 4.75. The topological polar surface area (TPSA) is 111 Å². The highest BCUT2D eigenvalue weighted by molar-refractivity contribution is 5.84. The summed E-state index contributed by atoms with van der Waals surface area (Å²) < 4.78 is 3.33. The van der Waals surface area contributed by atoms with Crippen molar-refractivity contribution in [1.29, 1.82) is 0 Å². The number of rotatable bonds is 2. The zero-order valence-corrected chi connectivity index (χ0v) is 12.8. The second-order valence-electron chi connectivity index (χ2n) is 5.44. The van der Waals surface area contributed by atoms with Crippen molar-refractivity contribution in [2.24, 2.45) is 0 Å². The Balaban J connectivity index is 2.21. The Morgan fingerprint density at radius 1 is 1.17 bits per heavy atom. The van der Waals surface area contributed by atoms with Crippen LogP contribution in [0.3, 0.4) is 0 Å². The molecule has 4 aromatic rings. The molecule has 0 aliphatic carbocycles. The van der Waals surface area contributed by atoms with Crippen molar-refractivity contribution in [2.45, 2.75) is 13.8 Å². The van der Waals surface area contributed by atoms with Gasteiger partial charge >= 0.3 is 0 Å². The first-order valence-corrected chi connectivity index (χ1v) is 7.16. The monoisotopic (exact) mass is 324 g/mol. The molecule has 4 rings (SSSR count). The molecule has 0 radical (unpaired) electrons. The maximum atomic E-state index is 12.2.